The van der Waals surface area contributed by atoms with Gasteiger partial charge in [0, 0.05) is 40.0 Å². The number of nitrogen functional groups attached to an aromatic ring is 2. The molecule has 0 saturated carbocycles. The Morgan fingerprint density at radius 1 is 0.500 bits per heavy atom. The number of aromatic hydroxyl groups is 4. The highest BCUT2D eigenvalue weighted by Crippen LogP contribution is 2.50. The molecule has 6 rings (SSSR count). The molecule has 0 amide bonds. The fourth-order valence-electron chi connectivity index (χ4n) is 5.69. The summed E-state index contributed by atoms with van der Waals surface area (Å²) in [6.07, 6.45) is 6.95. The molecule has 5 aromatic carbocycles. The van der Waals surface area contributed by atoms with Gasteiger partial charge in [0.2, 0.25) is 0 Å². The SMILES string of the molecule is NC1=C(N=Cc2ccccc2O)C(=Cc2ccccc2O)C(=Cc2ccccc2O)C(c2ccc(N)c(N)c2)C1=Cc1ccccc1O. The molecule has 8 nitrogen and oxygen atoms in total. The number of phenolic OH excluding ortho intramolecular Hbond substituents is 4. The van der Waals surface area contributed by atoms with E-state index in [1.54, 1.807) is 109 Å². The fourth-order valence-corrected chi connectivity index (χ4v) is 5.69. The van der Waals surface area contributed by atoms with Crippen LogP contribution < -0.4 is 17.2 Å². The van der Waals surface area contributed by atoms with Crippen LogP contribution in [0.1, 0.15) is 33.7 Å². The highest BCUT2D eigenvalue weighted by molar-refractivity contribution is 5.88. The monoisotopic (exact) mass is 634 g/mol. The van der Waals surface area contributed by atoms with E-state index in [4.69, 9.17) is 22.2 Å². The van der Waals surface area contributed by atoms with Crippen molar-refractivity contribution in [1.29, 1.82) is 0 Å². The largest absolute Gasteiger partial charge is 0.507 e. The van der Waals surface area contributed by atoms with E-state index >= 15 is 0 Å². The van der Waals surface area contributed by atoms with Crippen molar-refractivity contribution >= 4 is 35.8 Å². The number of phenols is 4. The quantitative estimate of drug-likeness (QED) is 0.0758. The van der Waals surface area contributed by atoms with E-state index in [9.17, 15) is 20.4 Å². The molecule has 10 N–H and O–H groups in total. The van der Waals surface area contributed by atoms with Crippen molar-refractivity contribution in [3.63, 3.8) is 0 Å². The van der Waals surface area contributed by atoms with Gasteiger partial charge in [-0.3, -0.25) is 4.99 Å². The van der Waals surface area contributed by atoms with Gasteiger partial charge in [-0.1, -0.05) is 72.8 Å². The Morgan fingerprint density at radius 2 is 0.958 bits per heavy atom. The lowest BCUT2D eigenvalue weighted by Gasteiger charge is -2.33. The summed E-state index contributed by atoms with van der Waals surface area (Å²) in [7, 11) is 0. The first kappa shape index (κ1) is 31.3. The number of aliphatic imine (C=N–C) groups is 1. The van der Waals surface area contributed by atoms with Crippen LogP contribution in [0.3, 0.4) is 0 Å². The van der Waals surface area contributed by atoms with Crippen LogP contribution in [0.25, 0.3) is 18.2 Å². The normalized spacial score (nSPS) is 17.5. The molecule has 0 radical (unpaired) electrons. The van der Waals surface area contributed by atoms with Crippen molar-refractivity contribution in [2.24, 2.45) is 10.7 Å². The third-order valence-electron chi connectivity index (χ3n) is 8.20. The predicted molar refractivity (Wildman–Crippen MR) is 193 cm³/mol. The summed E-state index contributed by atoms with van der Waals surface area (Å²) in [6.45, 7) is 0. The second-order valence-electron chi connectivity index (χ2n) is 11.3. The number of nitrogens with zero attached hydrogens (tertiary/aromatic N) is 1. The van der Waals surface area contributed by atoms with Gasteiger partial charge < -0.3 is 37.6 Å². The van der Waals surface area contributed by atoms with Gasteiger partial charge in [-0.25, -0.2) is 0 Å². The maximum Gasteiger partial charge on any atom is 0.124 e. The van der Waals surface area contributed by atoms with Crippen molar-refractivity contribution in [3.8, 4) is 23.0 Å². The molecule has 1 atom stereocenters. The lowest BCUT2D eigenvalue weighted by molar-refractivity contribution is 0.473. The molecule has 0 aliphatic heterocycles. The molecule has 1 unspecified atom stereocenters. The first-order valence-corrected chi connectivity index (χ1v) is 15.2. The molecule has 1 aliphatic rings. The molecule has 8 heteroatoms. The molecule has 48 heavy (non-hydrogen) atoms. The van der Waals surface area contributed by atoms with Crippen LogP contribution >= 0.6 is 0 Å². The Bertz CT molecular complexity index is 2180. The number of hydrogen-bond donors (Lipinski definition) is 7. The minimum atomic E-state index is -0.617. The summed E-state index contributed by atoms with van der Waals surface area (Å²) in [6, 6.07) is 32.9. The summed E-state index contributed by atoms with van der Waals surface area (Å²) in [4.78, 5) is 4.86. The third-order valence-corrected chi connectivity index (χ3v) is 8.20. The number of nitrogens with two attached hydrogens (primary N) is 3. The third kappa shape index (κ3) is 6.36. The highest BCUT2D eigenvalue weighted by atomic mass is 16.3. The number of para-hydroxylation sites is 4. The number of anilines is 2. The Hall–Kier alpha value is -6.67. The summed E-state index contributed by atoms with van der Waals surface area (Å²) < 4.78 is 0. The zero-order valence-electron chi connectivity index (χ0n) is 25.8. The standard InChI is InChI=1S/C40H34N4O4/c41-32-18-17-27(22-33(32)42)38-29(19-24-9-1-5-13-34(24)45)30(20-25-10-2-6-14-35(25)46)40(44-23-28-12-4-8-16-37(28)48)39(43)31(38)21-26-11-3-7-15-36(26)47/h1-23,38,45-48H,41-43H2. The van der Waals surface area contributed by atoms with E-state index in [0.717, 1.165) is 5.56 Å². The average Bonchev–Trinajstić information content (AvgIpc) is 3.08. The summed E-state index contributed by atoms with van der Waals surface area (Å²) in [5.41, 5.74) is 25.5. The van der Waals surface area contributed by atoms with Crippen molar-refractivity contribution in [2.45, 2.75) is 5.92 Å². The second-order valence-corrected chi connectivity index (χ2v) is 11.3. The molecule has 0 bridgehead atoms. The minimum Gasteiger partial charge on any atom is -0.507 e. The topological polar surface area (TPSA) is 171 Å². The Kier molecular flexibility index (Phi) is 8.72. The molecular formula is C40H34N4O4. The maximum absolute atomic E-state index is 11.0. The number of hydrogen-bond acceptors (Lipinski definition) is 8. The van der Waals surface area contributed by atoms with E-state index < -0.39 is 5.92 Å². The predicted octanol–water partition coefficient (Wildman–Crippen LogP) is 7.31. The van der Waals surface area contributed by atoms with E-state index in [1.165, 1.54) is 6.21 Å². The van der Waals surface area contributed by atoms with Gasteiger partial charge in [-0.2, -0.15) is 0 Å². The lowest BCUT2D eigenvalue weighted by Crippen LogP contribution is -2.22. The van der Waals surface area contributed by atoms with Crippen LogP contribution in [0.5, 0.6) is 23.0 Å². The molecule has 0 saturated heterocycles. The van der Waals surface area contributed by atoms with Crippen LogP contribution in [-0.4, -0.2) is 26.6 Å². The fraction of sp³-hybridized carbons (Fsp3) is 0.0250. The van der Waals surface area contributed by atoms with Crippen LogP contribution in [0.15, 0.2) is 148 Å². The molecule has 0 spiro atoms. The number of rotatable bonds is 6. The van der Waals surface area contributed by atoms with Gasteiger partial charge in [0.15, 0.2) is 0 Å². The molecule has 0 fully saturated rings. The molecule has 0 heterocycles. The van der Waals surface area contributed by atoms with Crippen LogP contribution in [0.4, 0.5) is 11.4 Å². The molecular weight excluding hydrogens is 600 g/mol. The molecule has 5 aromatic rings. The van der Waals surface area contributed by atoms with Gasteiger partial charge >= 0.3 is 0 Å². The molecule has 1 aliphatic carbocycles. The average molecular weight is 635 g/mol. The van der Waals surface area contributed by atoms with Gasteiger partial charge in [-0.15, -0.1) is 0 Å². The Morgan fingerprint density at radius 3 is 1.46 bits per heavy atom. The van der Waals surface area contributed by atoms with E-state index in [0.29, 0.717) is 56.0 Å². The zero-order valence-corrected chi connectivity index (χ0v) is 25.8. The number of benzene rings is 5. The maximum atomic E-state index is 11.0. The smallest absolute Gasteiger partial charge is 0.124 e. The van der Waals surface area contributed by atoms with Gasteiger partial charge in [0.1, 0.15) is 23.0 Å². The molecule has 0 aromatic heterocycles. The summed E-state index contributed by atoms with van der Waals surface area (Å²) >= 11 is 0. The first-order valence-electron chi connectivity index (χ1n) is 15.2. The van der Waals surface area contributed by atoms with Crippen LogP contribution in [0.2, 0.25) is 0 Å². The first-order chi connectivity index (χ1) is 23.2. The number of allylic oxidation sites excluding steroid dienone is 2. The zero-order chi connectivity index (χ0) is 33.8. The molecule has 238 valence electrons. The summed E-state index contributed by atoms with van der Waals surface area (Å²) in [5.74, 6) is -0.441. The second kappa shape index (κ2) is 13.4. The Labute approximate surface area is 278 Å². The summed E-state index contributed by atoms with van der Waals surface area (Å²) in [5, 5.41) is 43.2. The van der Waals surface area contributed by atoms with Gasteiger partial charge in [0.25, 0.3) is 0 Å². The lowest BCUT2D eigenvalue weighted by atomic mass is 9.72. The Balaban J connectivity index is 1.75. The van der Waals surface area contributed by atoms with E-state index in [-0.39, 0.29) is 28.7 Å². The van der Waals surface area contributed by atoms with Crippen molar-refractivity contribution < 1.29 is 20.4 Å². The van der Waals surface area contributed by atoms with Crippen molar-refractivity contribution in [2.75, 3.05) is 11.5 Å². The van der Waals surface area contributed by atoms with Crippen molar-refractivity contribution in [1.82, 2.24) is 0 Å². The van der Waals surface area contributed by atoms with Gasteiger partial charge in [0.05, 0.1) is 22.8 Å². The minimum absolute atomic E-state index is 0.0348. The van der Waals surface area contributed by atoms with E-state index in [1.807, 2.05) is 24.3 Å². The van der Waals surface area contributed by atoms with Crippen LogP contribution in [0, 0.1) is 0 Å². The highest BCUT2D eigenvalue weighted by Gasteiger charge is 2.35. The van der Waals surface area contributed by atoms with E-state index in [2.05, 4.69) is 0 Å². The van der Waals surface area contributed by atoms with Gasteiger partial charge in [-0.05, 0) is 77.4 Å². The van der Waals surface area contributed by atoms with Crippen LogP contribution in [-0.2, 0) is 0 Å². The van der Waals surface area contributed by atoms with Crippen molar-refractivity contribution in [3.05, 3.63) is 171 Å².